The molecule has 0 saturated carbocycles. The van der Waals surface area contributed by atoms with Gasteiger partial charge in [-0.3, -0.25) is 9.52 Å². The van der Waals surface area contributed by atoms with E-state index < -0.39 is 21.7 Å². The predicted octanol–water partition coefficient (Wildman–Crippen LogP) is 3.72. The first-order valence-electron chi connectivity index (χ1n) is 10.6. The molecule has 8 nitrogen and oxygen atoms in total. The average Bonchev–Trinajstić information content (AvgIpc) is 2.85. The van der Waals surface area contributed by atoms with Gasteiger partial charge < -0.3 is 19.7 Å². The second-order valence-electron chi connectivity index (χ2n) is 7.58. The first-order chi connectivity index (χ1) is 16.4. The van der Waals surface area contributed by atoms with E-state index in [-0.39, 0.29) is 16.1 Å². The lowest BCUT2D eigenvalue weighted by atomic mass is 10.2. The molecule has 0 bridgehead atoms. The summed E-state index contributed by atoms with van der Waals surface area (Å²) in [5, 5.41) is 2.65. The summed E-state index contributed by atoms with van der Waals surface area (Å²) in [5.74, 6) is -0.494. The van der Waals surface area contributed by atoms with Crippen molar-refractivity contribution in [3.63, 3.8) is 0 Å². The number of ether oxygens (including phenoxy) is 2. The number of benzene rings is 3. The van der Waals surface area contributed by atoms with Crippen molar-refractivity contribution < 1.29 is 27.1 Å². The topological polar surface area (TPSA) is 97.0 Å². The number of rotatable bonds is 7. The Morgan fingerprint density at radius 1 is 1.00 bits per heavy atom. The van der Waals surface area contributed by atoms with E-state index in [4.69, 9.17) is 9.47 Å². The zero-order valence-corrected chi connectivity index (χ0v) is 19.3. The Morgan fingerprint density at radius 3 is 2.38 bits per heavy atom. The number of hydrogen-bond acceptors (Lipinski definition) is 6. The molecule has 0 unspecified atom stereocenters. The van der Waals surface area contributed by atoms with E-state index in [0.29, 0.717) is 43.4 Å². The molecular weight excluding hydrogens is 461 g/mol. The van der Waals surface area contributed by atoms with Crippen LogP contribution >= 0.6 is 0 Å². The first kappa shape index (κ1) is 23.5. The van der Waals surface area contributed by atoms with Crippen molar-refractivity contribution in [2.75, 3.05) is 48.4 Å². The highest BCUT2D eigenvalue weighted by molar-refractivity contribution is 7.92. The molecule has 34 heavy (non-hydrogen) atoms. The van der Waals surface area contributed by atoms with E-state index in [1.807, 2.05) is 4.90 Å². The standard InChI is InChI=1S/C24H24FN3O5S/c1-32-21-8-5-19(6-9-21)27-34(30,31)23-16-20(7-10-22(23)28-11-13-33-14-12-28)26-24(29)17-3-2-4-18(25)15-17/h2-10,15-16,27H,11-14H2,1H3,(H,26,29). The SMILES string of the molecule is COc1ccc(NS(=O)(=O)c2cc(NC(=O)c3cccc(F)c3)ccc2N2CCOCC2)cc1. The van der Waals surface area contributed by atoms with Crippen molar-refractivity contribution in [3.8, 4) is 5.75 Å². The summed E-state index contributed by atoms with van der Waals surface area (Å²) in [6.07, 6.45) is 0. The molecule has 3 aromatic carbocycles. The minimum atomic E-state index is -4.03. The van der Waals surface area contributed by atoms with E-state index in [2.05, 4.69) is 10.0 Å². The Bertz CT molecular complexity index is 1280. The normalized spacial score (nSPS) is 13.9. The molecule has 1 fully saturated rings. The molecule has 10 heteroatoms. The smallest absolute Gasteiger partial charge is 0.264 e. The molecule has 0 radical (unpaired) electrons. The molecule has 1 amide bonds. The summed E-state index contributed by atoms with van der Waals surface area (Å²) in [7, 11) is -2.50. The number of nitrogens with zero attached hydrogens (tertiary/aromatic N) is 1. The molecule has 4 rings (SSSR count). The summed E-state index contributed by atoms with van der Waals surface area (Å²) < 4.78 is 53.4. The van der Waals surface area contributed by atoms with E-state index in [1.165, 1.54) is 31.4 Å². The van der Waals surface area contributed by atoms with Crippen molar-refractivity contribution in [1.29, 1.82) is 0 Å². The molecule has 0 aliphatic carbocycles. The van der Waals surface area contributed by atoms with Gasteiger partial charge in [-0.1, -0.05) is 6.07 Å². The highest BCUT2D eigenvalue weighted by Crippen LogP contribution is 2.31. The van der Waals surface area contributed by atoms with Crippen molar-refractivity contribution >= 4 is 33.0 Å². The van der Waals surface area contributed by atoms with Gasteiger partial charge in [0.25, 0.3) is 15.9 Å². The van der Waals surface area contributed by atoms with Crippen LogP contribution in [0, 0.1) is 5.82 Å². The van der Waals surface area contributed by atoms with Gasteiger partial charge in [-0.25, -0.2) is 12.8 Å². The van der Waals surface area contributed by atoms with Crippen LogP contribution in [-0.2, 0) is 14.8 Å². The minimum absolute atomic E-state index is 0.00209. The number of hydrogen-bond donors (Lipinski definition) is 2. The zero-order valence-electron chi connectivity index (χ0n) is 18.5. The van der Waals surface area contributed by atoms with Crippen molar-refractivity contribution in [3.05, 3.63) is 78.1 Å². The highest BCUT2D eigenvalue weighted by atomic mass is 32.2. The molecule has 1 heterocycles. The van der Waals surface area contributed by atoms with Crippen LogP contribution in [0.25, 0.3) is 0 Å². The lowest BCUT2D eigenvalue weighted by Gasteiger charge is -2.30. The van der Waals surface area contributed by atoms with Crippen LogP contribution in [0.3, 0.4) is 0 Å². The van der Waals surface area contributed by atoms with Gasteiger partial charge in [0.1, 0.15) is 16.5 Å². The fourth-order valence-electron chi connectivity index (χ4n) is 3.57. The summed E-state index contributed by atoms with van der Waals surface area (Å²) in [6, 6.07) is 16.4. The van der Waals surface area contributed by atoms with Gasteiger partial charge >= 0.3 is 0 Å². The third-order valence-electron chi connectivity index (χ3n) is 5.29. The Labute approximate surface area is 197 Å². The van der Waals surface area contributed by atoms with Crippen LogP contribution in [-0.4, -0.2) is 47.7 Å². The second kappa shape index (κ2) is 10.1. The van der Waals surface area contributed by atoms with Crippen LogP contribution in [0.2, 0.25) is 0 Å². The number of carbonyl (C=O) groups is 1. The molecule has 2 N–H and O–H groups in total. The third-order valence-corrected chi connectivity index (χ3v) is 6.70. The largest absolute Gasteiger partial charge is 0.497 e. The fraction of sp³-hybridized carbons (Fsp3) is 0.208. The molecule has 1 saturated heterocycles. The fourth-order valence-corrected chi connectivity index (χ4v) is 4.89. The predicted molar refractivity (Wildman–Crippen MR) is 128 cm³/mol. The number of halogens is 1. The van der Waals surface area contributed by atoms with E-state index in [9.17, 15) is 17.6 Å². The van der Waals surface area contributed by atoms with Crippen LogP contribution in [0.1, 0.15) is 10.4 Å². The maximum Gasteiger partial charge on any atom is 0.264 e. The number of amides is 1. The van der Waals surface area contributed by atoms with Gasteiger partial charge in [0.15, 0.2) is 0 Å². The van der Waals surface area contributed by atoms with E-state index >= 15 is 0 Å². The number of anilines is 3. The van der Waals surface area contributed by atoms with Gasteiger partial charge in [-0.05, 0) is 60.7 Å². The summed E-state index contributed by atoms with van der Waals surface area (Å²) >= 11 is 0. The van der Waals surface area contributed by atoms with Crippen molar-refractivity contribution in [2.24, 2.45) is 0 Å². The molecule has 1 aliphatic heterocycles. The van der Waals surface area contributed by atoms with Crippen LogP contribution in [0.15, 0.2) is 71.6 Å². The quantitative estimate of drug-likeness (QED) is 0.530. The molecule has 0 atom stereocenters. The van der Waals surface area contributed by atoms with Gasteiger partial charge in [0.2, 0.25) is 0 Å². The molecule has 0 aromatic heterocycles. The summed E-state index contributed by atoms with van der Waals surface area (Å²) in [4.78, 5) is 14.5. The molecular formula is C24H24FN3O5S. The molecule has 3 aromatic rings. The Morgan fingerprint density at radius 2 is 1.71 bits per heavy atom. The van der Waals surface area contributed by atoms with Crippen LogP contribution in [0.4, 0.5) is 21.5 Å². The van der Waals surface area contributed by atoms with Gasteiger partial charge in [-0.15, -0.1) is 0 Å². The van der Waals surface area contributed by atoms with Crippen molar-refractivity contribution in [1.82, 2.24) is 0 Å². The number of nitrogens with one attached hydrogen (secondary N) is 2. The lowest BCUT2D eigenvalue weighted by molar-refractivity contribution is 0.102. The molecule has 178 valence electrons. The maximum absolute atomic E-state index is 13.5. The number of morpholine rings is 1. The van der Waals surface area contributed by atoms with E-state index in [0.717, 1.165) is 6.07 Å². The molecule has 0 spiro atoms. The first-order valence-corrected chi connectivity index (χ1v) is 12.0. The minimum Gasteiger partial charge on any atom is -0.497 e. The Balaban J connectivity index is 1.67. The Hall–Kier alpha value is -3.63. The lowest BCUT2D eigenvalue weighted by Crippen LogP contribution is -2.37. The Kier molecular flexibility index (Phi) is 6.99. The monoisotopic (exact) mass is 485 g/mol. The molecule has 1 aliphatic rings. The second-order valence-corrected chi connectivity index (χ2v) is 9.23. The van der Waals surface area contributed by atoms with Gasteiger partial charge in [-0.2, -0.15) is 0 Å². The average molecular weight is 486 g/mol. The van der Waals surface area contributed by atoms with Gasteiger partial charge in [0.05, 0.1) is 26.0 Å². The zero-order chi connectivity index (χ0) is 24.1. The maximum atomic E-state index is 13.5. The van der Waals surface area contributed by atoms with Crippen molar-refractivity contribution in [2.45, 2.75) is 4.90 Å². The summed E-state index contributed by atoms with van der Waals surface area (Å²) in [6.45, 7) is 2.01. The van der Waals surface area contributed by atoms with Gasteiger partial charge in [0, 0.05) is 30.0 Å². The van der Waals surface area contributed by atoms with E-state index in [1.54, 1.807) is 36.4 Å². The third kappa shape index (κ3) is 5.46. The summed E-state index contributed by atoms with van der Waals surface area (Å²) in [5.41, 5.74) is 1.25. The van der Waals surface area contributed by atoms with Crippen LogP contribution < -0.4 is 19.7 Å². The number of carbonyl (C=O) groups excluding carboxylic acids is 1. The highest BCUT2D eigenvalue weighted by Gasteiger charge is 2.25. The van der Waals surface area contributed by atoms with Crippen LogP contribution in [0.5, 0.6) is 5.75 Å². The number of sulfonamides is 1. The number of methoxy groups -OCH3 is 1.